The Morgan fingerprint density at radius 3 is 2.34 bits per heavy atom. The van der Waals surface area contributed by atoms with Crippen LogP contribution < -0.4 is 19.5 Å². The summed E-state index contributed by atoms with van der Waals surface area (Å²) in [5.41, 5.74) is 5.35. The van der Waals surface area contributed by atoms with E-state index in [2.05, 4.69) is 31.3 Å². The summed E-state index contributed by atoms with van der Waals surface area (Å²) in [6.07, 6.45) is 1.50. The molecule has 0 saturated carbocycles. The molecule has 0 bridgehead atoms. The summed E-state index contributed by atoms with van der Waals surface area (Å²) in [5.74, 6) is 1.11. The molecule has 41 heavy (non-hydrogen) atoms. The maximum Gasteiger partial charge on any atom is 0.266 e. The summed E-state index contributed by atoms with van der Waals surface area (Å²) in [6.45, 7) is 4.78. The molecule has 0 saturated heterocycles. The summed E-state index contributed by atoms with van der Waals surface area (Å²) >= 11 is 12.1. The largest absolute Gasteiger partial charge is 0.493 e. The Labute approximate surface area is 249 Å². The van der Waals surface area contributed by atoms with Gasteiger partial charge in [-0.05, 0) is 90.7 Å². The van der Waals surface area contributed by atoms with E-state index in [1.165, 1.54) is 17.2 Å². The average Bonchev–Trinajstić information content (AvgIpc) is 2.97. The van der Waals surface area contributed by atoms with Crippen LogP contribution >= 0.6 is 23.2 Å². The number of hydrogen-bond donors (Lipinski definition) is 1. The molecule has 1 amide bonds. The van der Waals surface area contributed by atoms with Crippen molar-refractivity contribution in [2.45, 2.75) is 27.1 Å². The molecule has 208 valence electrons. The number of carbonyl (C=O) groups is 1. The lowest BCUT2D eigenvalue weighted by molar-refractivity contribution is -0.112. The second kappa shape index (κ2) is 13.8. The van der Waals surface area contributed by atoms with Crippen molar-refractivity contribution in [2.75, 3.05) is 12.4 Å². The molecule has 4 aromatic carbocycles. The van der Waals surface area contributed by atoms with Gasteiger partial charge in [0, 0.05) is 21.3 Å². The number of nitrogens with one attached hydrogen (secondary N) is 1. The standard InChI is InChI=1S/C33H28Cl2N2O4/c1-21-4-5-24(14-22(21)2)19-41-31-13-6-23(16-32(31)39-3)15-26(18-36)33(38)37-28-9-11-29(12-10-28)40-20-25-7-8-27(34)17-30(25)35/h4-17H,19-20H2,1-3H3,(H,37,38)/b26-15+. The van der Waals surface area contributed by atoms with E-state index in [1.54, 1.807) is 67.8 Å². The van der Waals surface area contributed by atoms with Gasteiger partial charge in [-0.1, -0.05) is 53.5 Å². The summed E-state index contributed by atoms with van der Waals surface area (Å²) < 4.78 is 17.2. The Bertz CT molecular complexity index is 1630. The van der Waals surface area contributed by atoms with Gasteiger partial charge in [-0.15, -0.1) is 0 Å². The third-order valence-electron chi connectivity index (χ3n) is 6.35. The van der Waals surface area contributed by atoms with Gasteiger partial charge in [0.1, 0.15) is 30.6 Å². The molecule has 0 unspecified atom stereocenters. The molecule has 0 heterocycles. The number of amides is 1. The molecule has 0 aromatic heterocycles. The van der Waals surface area contributed by atoms with Crippen LogP contribution in [0, 0.1) is 25.2 Å². The van der Waals surface area contributed by atoms with Gasteiger partial charge in [0.15, 0.2) is 11.5 Å². The van der Waals surface area contributed by atoms with Gasteiger partial charge >= 0.3 is 0 Å². The first kappa shape index (κ1) is 29.5. The van der Waals surface area contributed by atoms with Crippen LogP contribution in [0.3, 0.4) is 0 Å². The number of nitriles is 1. The van der Waals surface area contributed by atoms with E-state index >= 15 is 0 Å². The highest BCUT2D eigenvalue weighted by Crippen LogP contribution is 2.30. The summed E-state index contributed by atoms with van der Waals surface area (Å²) in [6, 6.07) is 25.4. The molecule has 0 spiro atoms. The fourth-order valence-corrected chi connectivity index (χ4v) is 4.36. The van der Waals surface area contributed by atoms with Crippen LogP contribution in [0.5, 0.6) is 17.2 Å². The highest BCUT2D eigenvalue weighted by Gasteiger charge is 2.12. The number of carbonyl (C=O) groups excluding carboxylic acids is 1. The predicted octanol–water partition coefficient (Wildman–Crippen LogP) is 8.32. The Morgan fingerprint density at radius 2 is 1.66 bits per heavy atom. The van der Waals surface area contributed by atoms with Crippen molar-refractivity contribution in [2.24, 2.45) is 0 Å². The lowest BCUT2D eigenvalue weighted by Crippen LogP contribution is -2.13. The third-order valence-corrected chi connectivity index (χ3v) is 6.94. The molecule has 4 aromatic rings. The fourth-order valence-electron chi connectivity index (χ4n) is 3.90. The summed E-state index contributed by atoms with van der Waals surface area (Å²) in [7, 11) is 1.54. The zero-order valence-electron chi connectivity index (χ0n) is 22.8. The van der Waals surface area contributed by atoms with E-state index in [0.717, 1.165) is 11.1 Å². The minimum absolute atomic E-state index is 0.0615. The molecule has 0 aliphatic carbocycles. The van der Waals surface area contributed by atoms with E-state index < -0.39 is 5.91 Å². The van der Waals surface area contributed by atoms with E-state index in [9.17, 15) is 10.1 Å². The lowest BCUT2D eigenvalue weighted by atomic mass is 10.1. The molecular formula is C33H28Cl2N2O4. The van der Waals surface area contributed by atoms with Crippen LogP contribution in [0.2, 0.25) is 10.0 Å². The van der Waals surface area contributed by atoms with Crippen LogP contribution in [0.25, 0.3) is 6.08 Å². The molecule has 0 fully saturated rings. The number of ether oxygens (including phenoxy) is 3. The van der Waals surface area contributed by atoms with Gasteiger partial charge in [0.05, 0.1) is 7.11 Å². The smallest absolute Gasteiger partial charge is 0.266 e. The maximum atomic E-state index is 12.8. The molecule has 8 heteroatoms. The van der Waals surface area contributed by atoms with Crippen molar-refractivity contribution in [1.29, 1.82) is 5.26 Å². The monoisotopic (exact) mass is 586 g/mol. The second-order valence-electron chi connectivity index (χ2n) is 9.29. The number of methoxy groups -OCH3 is 1. The van der Waals surface area contributed by atoms with Crippen LogP contribution in [0.1, 0.15) is 27.8 Å². The summed E-state index contributed by atoms with van der Waals surface area (Å²) in [5, 5.41) is 13.5. The van der Waals surface area contributed by atoms with Crippen LogP contribution in [-0.4, -0.2) is 13.0 Å². The van der Waals surface area contributed by atoms with Crippen molar-refractivity contribution < 1.29 is 19.0 Å². The molecule has 4 rings (SSSR count). The van der Waals surface area contributed by atoms with Crippen molar-refractivity contribution in [1.82, 2.24) is 0 Å². The topological polar surface area (TPSA) is 80.6 Å². The number of halogens is 2. The van der Waals surface area contributed by atoms with Crippen LogP contribution in [0.15, 0.2) is 84.4 Å². The van der Waals surface area contributed by atoms with E-state index in [4.69, 9.17) is 37.4 Å². The number of benzene rings is 4. The Morgan fingerprint density at radius 1 is 0.878 bits per heavy atom. The number of nitrogens with zero attached hydrogens (tertiary/aromatic N) is 1. The molecule has 1 N–H and O–H groups in total. The Hall–Kier alpha value is -4.44. The first-order valence-electron chi connectivity index (χ1n) is 12.7. The third kappa shape index (κ3) is 8.04. The predicted molar refractivity (Wildman–Crippen MR) is 163 cm³/mol. The van der Waals surface area contributed by atoms with Crippen molar-refractivity contribution >= 4 is 40.9 Å². The quantitative estimate of drug-likeness (QED) is 0.149. The number of hydrogen-bond acceptors (Lipinski definition) is 5. The minimum atomic E-state index is -0.539. The molecule has 0 aliphatic heterocycles. The van der Waals surface area contributed by atoms with Gasteiger partial charge in [0.2, 0.25) is 0 Å². The molecule has 6 nitrogen and oxygen atoms in total. The summed E-state index contributed by atoms with van der Waals surface area (Å²) in [4.78, 5) is 12.8. The molecule has 0 atom stereocenters. The van der Waals surface area contributed by atoms with Gasteiger partial charge in [0.25, 0.3) is 5.91 Å². The van der Waals surface area contributed by atoms with E-state index in [-0.39, 0.29) is 12.2 Å². The van der Waals surface area contributed by atoms with Gasteiger partial charge in [-0.25, -0.2) is 0 Å². The molecular weight excluding hydrogens is 559 g/mol. The van der Waals surface area contributed by atoms with E-state index in [1.807, 2.05) is 12.1 Å². The van der Waals surface area contributed by atoms with Crippen molar-refractivity contribution in [3.8, 4) is 23.3 Å². The van der Waals surface area contributed by atoms with Crippen LogP contribution in [-0.2, 0) is 18.0 Å². The SMILES string of the molecule is COc1cc(/C=C(\C#N)C(=O)Nc2ccc(OCc3ccc(Cl)cc3Cl)cc2)ccc1OCc1ccc(C)c(C)c1. The van der Waals surface area contributed by atoms with Gasteiger partial charge in [-0.3, -0.25) is 4.79 Å². The normalized spacial score (nSPS) is 11.0. The molecule has 0 aliphatic rings. The van der Waals surface area contributed by atoms with Crippen molar-refractivity contribution in [3.05, 3.63) is 122 Å². The van der Waals surface area contributed by atoms with Gasteiger partial charge in [-0.2, -0.15) is 5.26 Å². The first-order valence-corrected chi connectivity index (χ1v) is 13.5. The fraction of sp³-hybridized carbons (Fsp3) is 0.152. The minimum Gasteiger partial charge on any atom is -0.493 e. The number of aryl methyl sites for hydroxylation is 2. The highest BCUT2D eigenvalue weighted by molar-refractivity contribution is 6.35. The second-order valence-corrected chi connectivity index (χ2v) is 10.1. The lowest BCUT2D eigenvalue weighted by Gasteiger charge is -2.12. The van der Waals surface area contributed by atoms with E-state index in [0.29, 0.717) is 45.2 Å². The maximum absolute atomic E-state index is 12.8. The zero-order valence-corrected chi connectivity index (χ0v) is 24.3. The zero-order chi connectivity index (χ0) is 29.4. The van der Waals surface area contributed by atoms with Crippen molar-refractivity contribution in [3.63, 3.8) is 0 Å². The average molecular weight is 588 g/mol. The number of rotatable bonds is 10. The van der Waals surface area contributed by atoms with Gasteiger partial charge < -0.3 is 19.5 Å². The highest BCUT2D eigenvalue weighted by atomic mass is 35.5. The Balaban J connectivity index is 1.38. The first-order chi connectivity index (χ1) is 19.7. The molecule has 0 radical (unpaired) electrons. The van der Waals surface area contributed by atoms with Crippen LogP contribution in [0.4, 0.5) is 5.69 Å². The number of anilines is 1. The Kier molecular flexibility index (Phi) is 9.91.